The van der Waals surface area contributed by atoms with Gasteiger partial charge in [0, 0.05) is 17.8 Å². The van der Waals surface area contributed by atoms with Gasteiger partial charge in [0.2, 0.25) is 0 Å². The summed E-state index contributed by atoms with van der Waals surface area (Å²) in [7, 11) is -2.77. The standard InChI is InChI=1S/C8H10O4S2/c1-11-14(9,10)12-13-7-8-5-3-2-4-6-8/h2-6H,7H2,1H3. The third-order valence-electron chi connectivity index (χ3n) is 1.40. The van der Waals surface area contributed by atoms with E-state index in [-0.39, 0.29) is 0 Å². The Morgan fingerprint density at radius 1 is 1.29 bits per heavy atom. The molecule has 78 valence electrons. The molecule has 6 heteroatoms. The van der Waals surface area contributed by atoms with Crippen LogP contribution in [0.25, 0.3) is 0 Å². The van der Waals surface area contributed by atoms with Gasteiger partial charge < -0.3 is 0 Å². The predicted octanol–water partition coefficient (Wildman–Crippen LogP) is 1.74. The van der Waals surface area contributed by atoms with Gasteiger partial charge in [-0.25, -0.2) is 0 Å². The summed E-state index contributed by atoms with van der Waals surface area (Å²) >= 11 is 0.825. The predicted molar refractivity (Wildman–Crippen MR) is 54.8 cm³/mol. The molecule has 0 atom stereocenters. The van der Waals surface area contributed by atoms with Crippen molar-refractivity contribution in [3.05, 3.63) is 35.9 Å². The number of hydrogen-bond acceptors (Lipinski definition) is 5. The normalized spacial score (nSPS) is 11.5. The van der Waals surface area contributed by atoms with Gasteiger partial charge in [0.1, 0.15) is 0 Å². The summed E-state index contributed by atoms with van der Waals surface area (Å²) in [5, 5.41) is 0. The van der Waals surface area contributed by atoms with E-state index in [1.165, 1.54) is 0 Å². The van der Waals surface area contributed by atoms with E-state index < -0.39 is 10.4 Å². The number of rotatable bonds is 5. The van der Waals surface area contributed by atoms with Gasteiger partial charge in [-0.05, 0) is 5.56 Å². The van der Waals surface area contributed by atoms with Gasteiger partial charge >= 0.3 is 10.4 Å². The van der Waals surface area contributed by atoms with Crippen molar-refractivity contribution in [2.24, 2.45) is 0 Å². The molecule has 0 saturated carbocycles. The Labute approximate surface area is 87.8 Å². The minimum Gasteiger partial charge on any atom is -0.251 e. The first-order chi connectivity index (χ1) is 6.64. The SMILES string of the molecule is COS(=O)(=O)OSCc1ccccc1. The molecule has 0 amide bonds. The summed E-state index contributed by atoms with van der Waals surface area (Å²) in [6.45, 7) is 0. The zero-order chi connectivity index (χ0) is 10.4. The first kappa shape index (κ1) is 11.5. The lowest BCUT2D eigenvalue weighted by Crippen LogP contribution is -2.02. The molecule has 1 rings (SSSR count). The first-order valence-electron chi connectivity index (χ1n) is 3.79. The topological polar surface area (TPSA) is 52.6 Å². The van der Waals surface area contributed by atoms with E-state index >= 15 is 0 Å². The lowest BCUT2D eigenvalue weighted by atomic mass is 10.2. The van der Waals surface area contributed by atoms with Crippen LogP contribution in [0.15, 0.2) is 30.3 Å². The molecule has 0 fully saturated rings. The van der Waals surface area contributed by atoms with Gasteiger partial charge in [0.25, 0.3) is 0 Å². The molecular formula is C8H10O4S2. The van der Waals surface area contributed by atoms with Gasteiger partial charge in [-0.3, -0.25) is 4.18 Å². The van der Waals surface area contributed by atoms with Crippen LogP contribution < -0.4 is 0 Å². The third-order valence-corrected chi connectivity index (χ3v) is 3.31. The maximum Gasteiger partial charge on any atom is 0.410 e. The summed E-state index contributed by atoms with van der Waals surface area (Å²) in [4.78, 5) is 0. The van der Waals surface area contributed by atoms with E-state index in [0.29, 0.717) is 5.75 Å². The van der Waals surface area contributed by atoms with Crippen LogP contribution in [0.1, 0.15) is 5.56 Å². The summed E-state index contributed by atoms with van der Waals surface area (Å²) in [5.74, 6) is 0.462. The third kappa shape index (κ3) is 4.10. The van der Waals surface area contributed by atoms with E-state index in [1.807, 2.05) is 30.3 Å². The molecule has 0 aliphatic rings. The Morgan fingerprint density at radius 3 is 2.50 bits per heavy atom. The molecule has 0 aromatic heterocycles. The summed E-state index contributed by atoms with van der Waals surface area (Å²) < 4.78 is 30.0. The average molecular weight is 234 g/mol. The van der Waals surface area contributed by atoms with Crippen LogP contribution in [0.5, 0.6) is 0 Å². The lowest BCUT2D eigenvalue weighted by Gasteiger charge is -2.00. The van der Waals surface area contributed by atoms with Crippen LogP contribution in [0, 0.1) is 0 Å². The highest BCUT2D eigenvalue weighted by Gasteiger charge is 2.09. The molecule has 14 heavy (non-hydrogen) atoms. The van der Waals surface area contributed by atoms with Crippen molar-refractivity contribution in [3.8, 4) is 0 Å². The highest BCUT2D eigenvalue weighted by molar-refractivity contribution is 8.02. The molecule has 1 aromatic carbocycles. The van der Waals surface area contributed by atoms with E-state index in [4.69, 9.17) is 0 Å². The summed E-state index contributed by atoms with van der Waals surface area (Å²) in [6, 6.07) is 9.41. The van der Waals surface area contributed by atoms with Crippen molar-refractivity contribution in [2.75, 3.05) is 7.11 Å². The van der Waals surface area contributed by atoms with E-state index in [1.54, 1.807) is 0 Å². The molecule has 0 aliphatic heterocycles. The highest BCUT2D eigenvalue weighted by Crippen LogP contribution is 2.15. The van der Waals surface area contributed by atoms with Gasteiger partial charge in [-0.2, -0.15) is 12.0 Å². The Morgan fingerprint density at radius 2 is 1.93 bits per heavy atom. The minimum atomic E-state index is -3.83. The highest BCUT2D eigenvalue weighted by atomic mass is 32.3. The first-order valence-corrected chi connectivity index (χ1v) is 6.04. The number of hydrogen-bond donors (Lipinski definition) is 0. The van der Waals surface area contributed by atoms with E-state index in [2.05, 4.69) is 7.81 Å². The fraction of sp³-hybridized carbons (Fsp3) is 0.250. The fourth-order valence-electron chi connectivity index (χ4n) is 0.753. The second-order valence-corrected chi connectivity index (χ2v) is 4.61. The molecule has 1 aromatic rings. The zero-order valence-corrected chi connectivity index (χ0v) is 9.18. The van der Waals surface area contributed by atoms with Crippen molar-refractivity contribution in [1.82, 2.24) is 0 Å². The molecule has 0 saturated heterocycles. The molecule has 0 N–H and O–H groups in total. The molecule has 0 unspecified atom stereocenters. The molecule has 0 spiro atoms. The van der Waals surface area contributed by atoms with Gasteiger partial charge in [-0.15, -0.1) is 0 Å². The van der Waals surface area contributed by atoms with Crippen molar-refractivity contribution in [1.29, 1.82) is 0 Å². The summed E-state index contributed by atoms with van der Waals surface area (Å²) in [5.41, 5.74) is 0.990. The van der Waals surface area contributed by atoms with Crippen molar-refractivity contribution in [2.45, 2.75) is 5.75 Å². The Hall–Kier alpha value is -0.560. The second-order valence-electron chi connectivity index (χ2n) is 2.39. The van der Waals surface area contributed by atoms with E-state index in [9.17, 15) is 8.42 Å². The van der Waals surface area contributed by atoms with Crippen molar-refractivity contribution in [3.63, 3.8) is 0 Å². The molecule has 4 nitrogen and oxygen atoms in total. The summed E-state index contributed by atoms with van der Waals surface area (Å²) in [6.07, 6.45) is 0. The van der Waals surface area contributed by atoms with Crippen LogP contribution in [0.3, 0.4) is 0 Å². The molecular weight excluding hydrogens is 224 g/mol. The monoisotopic (exact) mass is 234 g/mol. The van der Waals surface area contributed by atoms with E-state index in [0.717, 1.165) is 24.7 Å². The zero-order valence-electron chi connectivity index (χ0n) is 7.54. The molecule has 0 heterocycles. The smallest absolute Gasteiger partial charge is 0.251 e. The average Bonchev–Trinajstić information content (AvgIpc) is 2.19. The molecule has 0 bridgehead atoms. The molecule has 0 aliphatic carbocycles. The van der Waals surface area contributed by atoms with Crippen LogP contribution >= 0.6 is 12.0 Å². The lowest BCUT2D eigenvalue weighted by molar-refractivity contribution is 0.343. The van der Waals surface area contributed by atoms with Crippen LogP contribution in [-0.2, 0) is 24.0 Å². The molecule has 0 radical (unpaired) electrons. The maximum absolute atomic E-state index is 10.7. The van der Waals surface area contributed by atoms with Gasteiger partial charge in [0.15, 0.2) is 0 Å². The van der Waals surface area contributed by atoms with Gasteiger partial charge in [-0.1, -0.05) is 30.3 Å². The number of benzene rings is 1. The van der Waals surface area contributed by atoms with Crippen LogP contribution in [0.4, 0.5) is 0 Å². The quantitative estimate of drug-likeness (QED) is 0.726. The Bertz CT molecular complexity index is 360. The van der Waals surface area contributed by atoms with Crippen LogP contribution in [-0.4, -0.2) is 15.5 Å². The fourth-order valence-corrected chi connectivity index (χ4v) is 1.97. The minimum absolute atomic E-state index is 0.462. The Balaban J connectivity index is 2.37. The second kappa shape index (κ2) is 5.35. The van der Waals surface area contributed by atoms with Crippen molar-refractivity contribution < 1.29 is 16.2 Å². The maximum atomic E-state index is 10.7. The van der Waals surface area contributed by atoms with Gasteiger partial charge in [0.05, 0.1) is 7.11 Å². The largest absolute Gasteiger partial charge is 0.410 e. The van der Waals surface area contributed by atoms with Crippen LogP contribution in [0.2, 0.25) is 0 Å². The van der Waals surface area contributed by atoms with Crippen molar-refractivity contribution >= 4 is 22.4 Å². The Kier molecular flexibility index (Phi) is 4.40.